The van der Waals surface area contributed by atoms with E-state index in [0.717, 1.165) is 21.1 Å². The third kappa shape index (κ3) is 6.67. The number of amides is 4. The van der Waals surface area contributed by atoms with Gasteiger partial charge in [-0.2, -0.15) is 0 Å². The number of rotatable bonds is 9. The van der Waals surface area contributed by atoms with Crippen molar-refractivity contribution < 1.29 is 19.2 Å². The molecule has 3 N–H and O–H groups in total. The van der Waals surface area contributed by atoms with E-state index in [1.807, 2.05) is 58.0 Å². The van der Waals surface area contributed by atoms with Gasteiger partial charge in [0.25, 0.3) is 5.91 Å². The smallest absolute Gasteiger partial charge is 0.258 e. The average molecular weight is 642 g/mol. The van der Waals surface area contributed by atoms with Crippen molar-refractivity contribution >= 4 is 50.5 Å². The predicted octanol–water partition coefficient (Wildman–Crippen LogP) is 3.62. The van der Waals surface area contributed by atoms with Gasteiger partial charge in [0.15, 0.2) is 0 Å². The maximum atomic E-state index is 13.3. The van der Waals surface area contributed by atoms with E-state index in [0.29, 0.717) is 32.4 Å². The fraction of sp³-hybridized carbons (Fsp3) is 0.516. The Bertz CT molecular complexity index is 1380. The topological polar surface area (TPSA) is 124 Å². The van der Waals surface area contributed by atoms with Crippen LogP contribution in [-0.4, -0.2) is 69.7 Å². The molecule has 0 radical (unpaired) electrons. The Hall–Kier alpha value is -3.31. The van der Waals surface area contributed by atoms with E-state index < -0.39 is 23.5 Å². The first-order valence-electron chi connectivity index (χ1n) is 14.5. The van der Waals surface area contributed by atoms with Crippen molar-refractivity contribution in [3.8, 4) is 0 Å². The molecule has 4 amide bonds. The molecule has 42 heavy (non-hydrogen) atoms. The maximum absolute atomic E-state index is 13.3. The van der Waals surface area contributed by atoms with Crippen LogP contribution in [0.4, 0.5) is 0 Å². The second-order valence-corrected chi connectivity index (χ2v) is 12.8. The lowest BCUT2D eigenvalue weighted by Crippen LogP contribution is -2.62. The van der Waals surface area contributed by atoms with Crippen LogP contribution in [0, 0.1) is 11.3 Å². The van der Waals surface area contributed by atoms with Gasteiger partial charge in [0.05, 0.1) is 22.7 Å². The lowest BCUT2D eigenvalue weighted by molar-refractivity contribution is -0.146. The van der Waals surface area contributed by atoms with Crippen LogP contribution in [0.1, 0.15) is 65.6 Å². The summed E-state index contributed by atoms with van der Waals surface area (Å²) in [5.74, 6) is -1.22. The Balaban J connectivity index is 1.35. The Morgan fingerprint density at radius 3 is 2.52 bits per heavy atom. The maximum Gasteiger partial charge on any atom is 0.258 e. The molecule has 0 aliphatic carbocycles. The molecular weight excluding hydrogens is 600 g/mol. The molecule has 2 aliphatic heterocycles. The fourth-order valence-corrected chi connectivity index (χ4v) is 5.96. The molecule has 10 nitrogen and oxygen atoms in total. The summed E-state index contributed by atoms with van der Waals surface area (Å²) in [4.78, 5) is 59.2. The van der Waals surface area contributed by atoms with Gasteiger partial charge in [0.2, 0.25) is 17.7 Å². The SMILES string of the molecule is C=CC1(C)CCN(C(C(=O)NC(C)C(=O)N2CCCC(C(=O)NC(C)c3ccc4ccc(Br)cc4n3)N2)C(C)C)C1=O. The Morgan fingerprint density at radius 1 is 1.14 bits per heavy atom. The van der Waals surface area contributed by atoms with Gasteiger partial charge in [-0.25, -0.2) is 5.43 Å². The molecule has 4 rings (SSSR count). The third-order valence-corrected chi connectivity index (χ3v) is 8.78. The molecule has 5 unspecified atom stereocenters. The number of nitrogens with zero attached hydrogens (tertiary/aromatic N) is 3. The van der Waals surface area contributed by atoms with Gasteiger partial charge in [-0.15, -0.1) is 6.58 Å². The predicted molar refractivity (Wildman–Crippen MR) is 165 cm³/mol. The van der Waals surface area contributed by atoms with Crippen LogP contribution in [0.25, 0.3) is 10.9 Å². The van der Waals surface area contributed by atoms with E-state index in [1.54, 1.807) is 17.9 Å². The second kappa shape index (κ2) is 12.9. The standard InChI is InChI=1S/C31H41BrN6O4/c1-7-31(6)14-16-37(30(31)42)26(18(2)3)28(40)34-20(5)29(41)38-15-8-9-24(36-38)27(39)33-19(4)23-13-11-21-10-12-22(32)17-25(21)35-23/h7,10-13,17-20,24,26,36H,1,8-9,14-16H2,2-6H3,(H,33,39)(H,34,40). The number of nitrogens with one attached hydrogen (secondary N) is 3. The normalized spacial score (nSPS) is 23.0. The minimum atomic E-state index is -0.850. The van der Waals surface area contributed by atoms with Crippen LogP contribution in [0.2, 0.25) is 0 Å². The van der Waals surface area contributed by atoms with E-state index in [2.05, 4.69) is 38.6 Å². The lowest BCUT2D eigenvalue weighted by atomic mass is 9.89. The van der Waals surface area contributed by atoms with E-state index in [4.69, 9.17) is 4.98 Å². The number of hydrogen-bond donors (Lipinski definition) is 3. The molecule has 2 saturated heterocycles. The molecule has 2 aliphatic rings. The van der Waals surface area contributed by atoms with Gasteiger partial charge in [0, 0.05) is 22.9 Å². The van der Waals surface area contributed by atoms with Crippen LogP contribution >= 0.6 is 15.9 Å². The molecule has 2 fully saturated rings. The molecule has 3 heterocycles. The number of carbonyl (C=O) groups is 4. The summed E-state index contributed by atoms with van der Waals surface area (Å²) in [5.41, 5.74) is 3.92. The van der Waals surface area contributed by atoms with E-state index in [-0.39, 0.29) is 35.6 Å². The Kier molecular flexibility index (Phi) is 9.72. The molecular formula is C31H41BrN6O4. The molecule has 226 valence electrons. The van der Waals surface area contributed by atoms with Gasteiger partial charge in [-0.1, -0.05) is 48.0 Å². The van der Waals surface area contributed by atoms with Crippen LogP contribution in [-0.2, 0) is 19.2 Å². The van der Waals surface area contributed by atoms with Gasteiger partial charge in [-0.05, 0) is 64.2 Å². The summed E-state index contributed by atoms with van der Waals surface area (Å²) in [6.45, 7) is 13.8. The molecule has 2 aromatic rings. The van der Waals surface area contributed by atoms with Crippen molar-refractivity contribution in [3.63, 3.8) is 0 Å². The Morgan fingerprint density at radius 2 is 1.86 bits per heavy atom. The summed E-state index contributed by atoms with van der Waals surface area (Å²) < 4.78 is 0.929. The minimum Gasteiger partial charge on any atom is -0.347 e. The number of benzene rings is 1. The summed E-state index contributed by atoms with van der Waals surface area (Å²) >= 11 is 3.47. The summed E-state index contributed by atoms with van der Waals surface area (Å²) in [6.07, 6.45) is 3.43. The number of halogens is 1. The average Bonchev–Trinajstić information content (AvgIpc) is 3.25. The molecule has 5 atom stereocenters. The van der Waals surface area contributed by atoms with Crippen molar-refractivity contribution in [2.75, 3.05) is 13.1 Å². The second-order valence-electron chi connectivity index (χ2n) is 11.9. The highest BCUT2D eigenvalue weighted by atomic mass is 79.9. The van der Waals surface area contributed by atoms with Crippen molar-refractivity contribution in [3.05, 3.63) is 53.2 Å². The highest BCUT2D eigenvalue weighted by Crippen LogP contribution is 2.35. The van der Waals surface area contributed by atoms with Crippen LogP contribution in [0.3, 0.4) is 0 Å². The van der Waals surface area contributed by atoms with Crippen molar-refractivity contribution in [1.82, 2.24) is 31.0 Å². The summed E-state index contributed by atoms with van der Waals surface area (Å²) in [7, 11) is 0. The number of hydrazine groups is 1. The largest absolute Gasteiger partial charge is 0.347 e. The van der Waals surface area contributed by atoms with Crippen molar-refractivity contribution in [1.29, 1.82) is 0 Å². The van der Waals surface area contributed by atoms with Crippen molar-refractivity contribution in [2.24, 2.45) is 11.3 Å². The van der Waals surface area contributed by atoms with Gasteiger partial charge in [0.1, 0.15) is 18.1 Å². The molecule has 0 spiro atoms. The van der Waals surface area contributed by atoms with Crippen LogP contribution in [0.15, 0.2) is 47.5 Å². The first kappa shape index (κ1) is 31.6. The van der Waals surface area contributed by atoms with Crippen LogP contribution in [0.5, 0.6) is 0 Å². The highest BCUT2D eigenvalue weighted by molar-refractivity contribution is 9.10. The molecule has 0 bridgehead atoms. The van der Waals surface area contributed by atoms with Gasteiger partial charge in [-0.3, -0.25) is 29.2 Å². The first-order chi connectivity index (χ1) is 19.8. The molecule has 11 heteroatoms. The third-order valence-electron chi connectivity index (χ3n) is 8.28. The van der Waals surface area contributed by atoms with E-state index in [1.165, 1.54) is 5.01 Å². The van der Waals surface area contributed by atoms with Gasteiger partial charge < -0.3 is 15.5 Å². The fourth-order valence-electron chi connectivity index (χ4n) is 5.61. The number of pyridine rings is 1. The van der Waals surface area contributed by atoms with E-state index >= 15 is 0 Å². The van der Waals surface area contributed by atoms with Gasteiger partial charge >= 0.3 is 0 Å². The highest BCUT2D eigenvalue weighted by Gasteiger charge is 2.46. The Labute approximate surface area is 255 Å². The molecule has 1 aromatic heterocycles. The summed E-state index contributed by atoms with van der Waals surface area (Å²) in [6, 6.07) is 7.25. The van der Waals surface area contributed by atoms with Crippen molar-refractivity contribution in [2.45, 2.75) is 78.0 Å². The zero-order chi connectivity index (χ0) is 30.8. The number of fused-ring (bicyclic) bond motifs is 1. The zero-order valence-electron chi connectivity index (χ0n) is 24.9. The zero-order valence-corrected chi connectivity index (χ0v) is 26.5. The molecule has 0 saturated carbocycles. The lowest BCUT2D eigenvalue weighted by Gasteiger charge is -2.36. The first-order valence-corrected chi connectivity index (χ1v) is 15.3. The number of hydrogen-bond acceptors (Lipinski definition) is 6. The number of likely N-dealkylation sites (tertiary alicyclic amines) is 1. The summed E-state index contributed by atoms with van der Waals surface area (Å²) in [5, 5.41) is 8.25. The molecule has 1 aromatic carbocycles. The monoisotopic (exact) mass is 640 g/mol. The quantitative estimate of drug-likeness (QED) is 0.360. The number of aromatic nitrogens is 1. The van der Waals surface area contributed by atoms with E-state index in [9.17, 15) is 19.2 Å². The number of carbonyl (C=O) groups excluding carboxylic acids is 4. The minimum absolute atomic E-state index is 0.127. The van der Waals surface area contributed by atoms with Crippen LogP contribution < -0.4 is 16.1 Å².